The summed E-state index contributed by atoms with van der Waals surface area (Å²) in [4.78, 5) is 3.67. The Morgan fingerprint density at radius 3 is 2.47 bits per heavy atom. The van der Waals surface area contributed by atoms with Crippen molar-refractivity contribution in [2.24, 2.45) is 0 Å². The molecule has 3 nitrogen and oxygen atoms in total. The Morgan fingerprint density at radius 1 is 1.24 bits per heavy atom. The summed E-state index contributed by atoms with van der Waals surface area (Å²) >= 11 is 0. The van der Waals surface area contributed by atoms with Crippen LogP contribution < -0.4 is 5.73 Å². The molecule has 0 aliphatic rings. The van der Waals surface area contributed by atoms with E-state index in [1.165, 1.54) is 23.0 Å². The summed E-state index contributed by atoms with van der Waals surface area (Å²) in [5.41, 5.74) is 4.22. The Hall–Kier alpha value is -2.05. The molecule has 0 atom stereocenters. The molecule has 0 saturated carbocycles. The molecule has 0 unspecified atom stereocenters. The molecule has 0 aliphatic heterocycles. The van der Waals surface area contributed by atoms with Crippen LogP contribution in [0.1, 0.15) is 5.56 Å². The average Bonchev–Trinajstić information content (AvgIpc) is 2.63. The molecule has 0 aliphatic carbocycles. The summed E-state index contributed by atoms with van der Waals surface area (Å²) in [5.74, 6) is -1.29. The van der Waals surface area contributed by atoms with E-state index in [1.54, 1.807) is 0 Å². The van der Waals surface area contributed by atoms with Gasteiger partial charge in [0.1, 0.15) is 5.82 Å². The first-order chi connectivity index (χ1) is 7.89. The van der Waals surface area contributed by atoms with Crippen molar-refractivity contribution < 1.29 is 17.6 Å². The van der Waals surface area contributed by atoms with E-state index < -0.39 is 17.6 Å². The molecular weight excluding hydrogens is 238 g/mol. The Kier molecular flexibility index (Phi) is 2.53. The van der Waals surface area contributed by atoms with Crippen LogP contribution in [-0.4, -0.2) is 9.55 Å². The molecule has 7 heteroatoms. The van der Waals surface area contributed by atoms with E-state index in [2.05, 4.69) is 4.98 Å². The third kappa shape index (κ3) is 2.08. The maximum atomic E-state index is 13.0. The number of alkyl halides is 3. The van der Waals surface area contributed by atoms with Crippen LogP contribution >= 0.6 is 0 Å². The fraction of sp³-hybridized carbons (Fsp3) is 0.100. The van der Waals surface area contributed by atoms with Gasteiger partial charge in [-0.2, -0.15) is 13.2 Å². The van der Waals surface area contributed by atoms with Gasteiger partial charge in [-0.25, -0.2) is 9.37 Å². The van der Waals surface area contributed by atoms with Gasteiger partial charge in [0.05, 0.1) is 5.56 Å². The predicted octanol–water partition coefficient (Wildman–Crippen LogP) is 2.61. The number of imidazole rings is 1. The number of nitrogen functional groups attached to an aromatic ring is 1. The van der Waals surface area contributed by atoms with Crippen molar-refractivity contribution in [3.8, 4) is 5.69 Å². The Balaban J connectivity index is 2.56. The lowest BCUT2D eigenvalue weighted by Crippen LogP contribution is -2.10. The van der Waals surface area contributed by atoms with Gasteiger partial charge in [-0.05, 0) is 18.2 Å². The zero-order valence-corrected chi connectivity index (χ0v) is 8.37. The molecule has 1 aromatic heterocycles. The van der Waals surface area contributed by atoms with Crippen LogP contribution in [0, 0.1) is 5.82 Å². The molecule has 17 heavy (non-hydrogen) atoms. The Morgan fingerprint density at radius 2 is 1.94 bits per heavy atom. The lowest BCUT2D eigenvalue weighted by atomic mass is 10.2. The summed E-state index contributed by atoms with van der Waals surface area (Å²) in [6, 6.07) is 2.63. The molecule has 90 valence electrons. The van der Waals surface area contributed by atoms with Gasteiger partial charge in [0.15, 0.2) is 0 Å². The van der Waals surface area contributed by atoms with Crippen LogP contribution in [0.4, 0.5) is 23.5 Å². The van der Waals surface area contributed by atoms with Gasteiger partial charge in [0, 0.05) is 18.1 Å². The maximum Gasteiger partial charge on any atom is 0.419 e. The minimum Gasteiger partial charge on any atom is -0.369 e. The van der Waals surface area contributed by atoms with E-state index in [9.17, 15) is 17.6 Å². The molecule has 1 heterocycles. The second kappa shape index (κ2) is 3.76. The normalized spacial score (nSPS) is 11.8. The van der Waals surface area contributed by atoms with E-state index in [4.69, 9.17) is 5.73 Å². The monoisotopic (exact) mass is 245 g/mol. The first-order valence-electron chi connectivity index (χ1n) is 4.55. The van der Waals surface area contributed by atoms with Crippen LogP contribution in [0.5, 0.6) is 0 Å². The second-order valence-electron chi connectivity index (χ2n) is 3.32. The Labute approximate surface area is 93.5 Å². The lowest BCUT2D eigenvalue weighted by Gasteiger charge is -2.11. The van der Waals surface area contributed by atoms with Crippen molar-refractivity contribution in [3.05, 3.63) is 42.0 Å². The number of rotatable bonds is 1. The fourth-order valence-corrected chi connectivity index (χ4v) is 1.41. The molecule has 0 amide bonds. The quantitative estimate of drug-likeness (QED) is 0.785. The highest BCUT2D eigenvalue weighted by molar-refractivity contribution is 5.42. The summed E-state index contributed by atoms with van der Waals surface area (Å²) in [6.45, 7) is 0. The highest BCUT2D eigenvalue weighted by atomic mass is 19.4. The molecule has 0 spiro atoms. The largest absolute Gasteiger partial charge is 0.419 e. The zero-order valence-electron chi connectivity index (χ0n) is 8.37. The van der Waals surface area contributed by atoms with Gasteiger partial charge < -0.3 is 5.73 Å². The predicted molar refractivity (Wildman–Crippen MR) is 52.9 cm³/mol. The van der Waals surface area contributed by atoms with Gasteiger partial charge in [-0.15, -0.1) is 0 Å². The summed E-state index contributed by atoms with van der Waals surface area (Å²) in [7, 11) is 0. The third-order valence-corrected chi connectivity index (χ3v) is 2.20. The van der Waals surface area contributed by atoms with Crippen molar-refractivity contribution >= 4 is 5.95 Å². The van der Waals surface area contributed by atoms with Crippen molar-refractivity contribution in [1.82, 2.24) is 9.55 Å². The van der Waals surface area contributed by atoms with Crippen LogP contribution in [0.15, 0.2) is 30.6 Å². The topological polar surface area (TPSA) is 43.8 Å². The highest BCUT2D eigenvalue weighted by Crippen LogP contribution is 2.32. The zero-order chi connectivity index (χ0) is 12.6. The van der Waals surface area contributed by atoms with E-state index >= 15 is 0 Å². The highest BCUT2D eigenvalue weighted by Gasteiger charge is 2.34. The summed E-state index contributed by atoms with van der Waals surface area (Å²) in [5, 5.41) is 0. The number of anilines is 1. The molecular formula is C10H7F4N3. The number of benzene rings is 1. The minimum atomic E-state index is -4.74. The SMILES string of the molecule is Nc1nccn1-c1ccc(F)c(C(F)(F)F)c1. The molecule has 0 fully saturated rings. The van der Waals surface area contributed by atoms with E-state index in [0.717, 1.165) is 6.07 Å². The van der Waals surface area contributed by atoms with Crippen LogP contribution in [0.2, 0.25) is 0 Å². The fourth-order valence-electron chi connectivity index (χ4n) is 1.41. The minimum absolute atomic E-state index is 0.0322. The smallest absolute Gasteiger partial charge is 0.369 e. The van der Waals surface area contributed by atoms with E-state index in [-0.39, 0.29) is 11.6 Å². The standard InChI is InChI=1S/C10H7F4N3/c11-8-2-1-6(5-7(8)10(12,13)14)17-4-3-16-9(17)15/h1-5H,(H2,15,16). The molecule has 1 aromatic carbocycles. The van der Waals surface area contributed by atoms with E-state index in [0.29, 0.717) is 6.07 Å². The van der Waals surface area contributed by atoms with Crippen LogP contribution in [-0.2, 0) is 6.18 Å². The van der Waals surface area contributed by atoms with Gasteiger partial charge in [0.25, 0.3) is 0 Å². The summed E-state index contributed by atoms with van der Waals surface area (Å²) in [6.07, 6.45) is -2.01. The maximum absolute atomic E-state index is 13.0. The third-order valence-electron chi connectivity index (χ3n) is 2.20. The molecule has 0 radical (unpaired) electrons. The van der Waals surface area contributed by atoms with Gasteiger partial charge in [-0.1, -0.05) is 0 Å². The first-order valence-corrected chi connectivity index (χ1v) is 4.55. The number of hydrogen-bond donors (Lipinski definition) is 1. The van der Waals surface area contributed by atoms with Gasteiger partial charge >= 0.3 is 6.18 Å². The van der Waals surface area contributed by atoms with Crippen molar-refractivity contribution in [2.75, 3.05) is 5.73 Å². The Bertz CT molecular complexity index is 545. The van der Waals surface area contributed by atoms with E-state index in [1.807, 2.05) is 0 Å². The average molecular weight is 245 g/mol. The molecule has 2 aromatic rings. The molecule has 2 N–H and O–H groups in total. The number of hydrogen-bond acceptors (Lipinski definition) is 2. The van der Waals surface area contributed by atoms with Gasteiger partial charge in [-0.3, -0.25) is 4.57 Å². The second-order valence-corrected chi connectivity index (χ2v) is 3.32. The lowest BCUT2D eigenvalue weighted by molar-refractivity contribution is -0.140. The van der Waals surface area contributed by atoms with Crippen molar-refractivity contribution in [3.63, 3.8) is 0 Å². The number of nitrogens with two attached hydrogens (primary N) is 1. The van der Waals surface area contributed by atoms with Gasteiger partial charge in [0.2, 0.25) is 5.95 Å². The van der Waals surface area contributed by atoms with Crippen LogP contribution in [0.25, 0.3) is 5.69 Å². The summed E-state index contributed by atoms with van der Waals surface area (Å²) < 4.78 is 51.7. The number of aromatic nitrogens is 2. The molecule has 0 bridgehead atoms. The van der Waals surface area contributed by atoms with Crippen molar-refractivity contribution in [1.29, 1.82) is 0 Å². The van der Waals surface area contributed by atoms with Crippen LogP contribution in [0.3, 0.4) is 0 Å². The number of halogens is 4. The molecule has 2 rings (SSSR count). The first kappa shape index (κ1) is 11.4. The van der Waals surface area contributed by atoms with Crippen molar-refractivity contribution in [2.45, 2.75) is 6.18 Å². The number of nitrogens with zero attached hydrogens (tertiary/aromatic N) is 2. The molecule has 0 saturated heterocycles.